The topological polar surface area (TPSA) is 49.5 Å². The molecule has 2 unspecified atom stereocenters. The van der Waals surface area contributed by atoms with Crippen LogP contribution in [0.2, 0.25) is 0 Å². The van der Waals surface area contributed by atoms with Gasteiger partial charge in [-0.25, -0.2) is 4.98 Å². The van der Waals surface area contributed by atoms with Crippen molar-refractivity contribution in [1.29, 1.82) is 0 Å². The smallest absolute Gasteiger partial charge is 0.208 e. The molecule has 0 saturated carbocycles. The minimum atomic E-state index is -0.218. The van der Waals surface area contributed by atoms with E-state index in [4.69, 9.17) is 4.42 Å². The van der Waals surface area contributed by atoms with Crippen LogP contribution in [0.3, 0.4) is 0 Å². The maximum atomic E-state index is 9.58. The number of rotatable bonds is 3. The van der Waals surface area contributed by atoms with Crippen molar-refractivity contribution < 1.29 is 9.52 Å². The molecule has 4 heteroatoms. The van der Waals surface area contributed by atoms with E-state index >= 15 is 0 Å². The molecule has 1 aliphatic rings. The van der Waals surface area contributed by atoms with Crippen molar-refractivity contribution in [1.82, 2.24) is 9.88 Å². The quantitative estimate of drug-likeness (QED) is 0.895. The van der Waals surface area contributed by atoms with Gasteiger partial charge >= 0.3 is 0 Å². The van der Waals surface area contributed by atoms with Crippen LogP contribution >= 0.6 is 0 Å². The normalized spacial score (nSPS) is 23.5. The van der Waals surface area contributed by atoms with Gasteiger partial charge in [0.1, 0.15) is 5.76 Å². The van der Waals surface area contributed by atoms with Crippen LogP contribution in [-0.4, -0.2) is 34.2 Å². The highest BCUT2D eigenvalue weighted by Crippen LogP contribution is 2.25. The van der Waals surface area contributed by atoms with E-state index in [-0.39, 0.29) is 11.5 Å². The Morgan fingerprint density at radius 3 is 2.78 bits per heavy atom. The fourth-order valence-electron chi connectivity index (χ4n) is 2.32. The number of hydrogen-bond acceptors (Lipinski definition) is 4. The summed E-state index contributed by atoms with van der Waals surface area (Å²) in [6, 6.07) is 0. The number of nitrogens with zero attached hydrogens (tertiary/aromatic N) is 2. The molecule has 2 rings (SSSR count). The largest absolute Gasteiger partial charge is 0.444 e. The minimum Gasteiger partial charge on any atom is -0.444 e. The Bertz CT molecular complexity index is 393. The van der Waals surface area contributed by atoms with E-state index in [9.17, 15) is 5.11 Å². The number of likely N-dealkylation sites (tertiary alicyclic amines) is 1. The zero-order valence-electron chi connectivity index (χ0n) is 11.8. The summed E-state index contributed by atoms with van der Waals surface area (Å²) in [5.74, 6) is 2.11. The Balaban J connectivity index is 1.93. The molecule has 2 heterocycles. The Labute approximate surface area is 109 Å². The number of oxazole rings is 1. The molecule has 0 spiro atoms. The van der Waals surface area contributed by atoms with Crippen LogP contribution < -0.4 is 0 Å². The van der Waals surface area contributed by atoms with Crippen LogP contribution in [0.5, 0.6) is 0 Å². The summed E-state index contributed by atoms with van der Waals surface area (Å²) in [5, 5.41) is 9.58. The van der Waals surface area contributed by atoms with Crippen molar-refractivity contribution in [3.05, 3.63) is 17.8 Å². The molecular weight excluding hydrogens is 228 g/mol. The van der Waals surface area contributed by atoms with Crippen LogP contribution in [0, 0.1) is 5.92 Å². The van der Waals surface area contributed by atoms with E-state index in [1.165, 1.54) is 0 Å². The fraction of sp³-hybridized carbons (Fsp3) is 0.786. The molecule has 0 radical (unpaired) electrons. The summed E-state index contributed by atoms with van der Waals surface area (Å²) in [7, 11) is 0. The lowest BCUT2D eigenvalue weighted by atomic mass is 9.94. The predicted octanol–water partition coefficient (Wildman–Crippen LogP) is 2.17. The summed E-state index contributed by atoms with van der Waals surface area (Å²) in [5.41, 5.74) is 0.0123. The first-order valence-corrected chi connectivity index (χ1v) is 6.72. The second-order valence-electron chi connectivity index (χ2n) is 6.39. The summed E-state index contributed by atoms with van der Waals surface area (Å²) < 4.78 is 5.79. The van der Waals surface area contributed by atoms with Crippen molar-refractivity contribution in [3.63, 3.8) is 0 Å². The number of hydrogen-bond donors (Lipinski definition) is 1. The highest BCUT2D eigenvalue weighted by Gasteiger charge is 2.27. The first-order valence-electron chi connectivity index (χ1n) is 6.72. The SMILES string of the molecule is CC(O)C1CCN(Cc2ncc(C(C)(C)C)o2)C1. The summed E-state index contributed by atoms with van der Waals surface area (Å²) in [4.78, 5) is 6.65. The Morgan fingerprint density at radius 2 is 2.28 bits per heavy atom. The molecule has 1 fully saturated rings. The highest BCUT2D eigenvalue weighted by atomic mass is 16.4. The second kappa shape index (κ2) is 5.02. The minimum absolute atomic E-state index is 0.0123. The summed E-state index contributed by atoms with van der Waals surface area (Å²) in [6.45, 7) is 10.9. The third-order valence-electron chi connectivity index (χ3n) is 3.64. The van der Waals surface area contributed by atoms with E-state index in [0.29, 0.717) is 5.92 Å². The molecule has 102 valence electrons. The molecule has 1 aromatic heterocycles. The fourth-order valence-corrected chi connectivity index (χ4v) is 2.32. The van der Waals surface area contributed by atoms with E-state index in [2.05, 4.69) is 30.7 Å². The van der Waals surface area contributed by atoms with Gasteiger partial charge in [0.05, 0.1) is 18.8 Å². The molecular formula is C14H24N2O2. The maximum absolute atomic E-state index is 9.58. The molecule has 18 heavy (non-hydrogen) atoms. The van der Waals surface area contributed by atoms with Gasteiger partial charge in [0, 0.05) is 12.0 Å². The van der Waals surface area contributed by atoms with Crippen LogP contribution in [0.1, 0.15) is 45.8 Å². The van der Waals surface area contributed by atoms with Crippen molar-refractivity contribution in [2.24, 2.45) is 5.92 Å². The number of aromatic nitrogens is 1. The first kappa shape index (κ1) is 13.6. The second-order valence-corrected chi connectivity index (χ2v) is 6.39. The van der Waals surface area contributed by atoms with E-state index < -0.39 is 0 Å². The molecule has 1 aliphatic heterocycles. The third kappa shape index (κ3) is 3.12. The van der Waals surface area contributed by atoms with Crippen LogP contribution in [0.25, 0.3) is 0 Å². The molecule has 0 bridgehead atoms. The van der Waals surface area contributed by atoms with Crippen molar-refractivity contribution in [2.45, 2.75) is 52.2 Å². The third-order valence-corrected chi connectivity index (χ3v) is 3.64. The standard InChI is InChI=1S/C14H24N2O2/c1-10(17)11-5-6-16(8-11)9-13-15-7-12(18-13)14(2,3)4/h7,10-11,17H,5-6,8-9H2,1-4H3. The molecule has 4 nitrogen and oxygen atoms in total. The monoisotopic (exact) mass is 252 g/mol. The van der Waals surface area contributed by atoms with Gasteiger partial charge < -0.3 is 9.52 Å². The zero-order valence-corrected chi connectivity index (χ0v) is 11.8. The lowest BCUT2D eigenvalue weighted by molar-refractivity contribution is 0.126. The van der Waals surface area contributed by atoms with Gasteiger partial charge in [-0.3, -0.25) is 4.90 Å². The summed E-state index contributed by atoms with van der Waals surface area (Å²) in [6.07, 6.45) is 2.67. The molecule has 1 saturated heterocycles. The average Bonchev–Trinajstić information content (AvgIpc) is 2.85. The van der Waals surface area contributed by atoms with Crippen molar-refractivity contribution in [2.75, 3.05) is 13.1 Å². The van der Waals surface area contributed by atoms with E-state index in [1.54, 1.807) is 0 Å². The molecule has 0 amide bonds. The van der Waals surface area contributed by atoms with Gasteiger partial charge in [-0.1, -0.05) is 20.8 Å². The Hall–Kier alpha value is -0.870. The summed E-state index contributed by atoms with van der Waals surface area (Å²) >= 11 is 0. The van der Waals surface area contributed by atoms with Gasteiger partial charge in [0.25, 0.3) is 0 Å². The van der Waals surface area contributed by atoms with Gasteiger partial charge in [-0.2, -0.15) is 0 Å². The lowest BCUT2D eigenvalue weighted by Gasteiger charge is -2.16. The van der Waals surface area contributed by atoms with Crippen LogP contribution in [0.4, 0.5) is 0 Å². The molecule has 1 aromatic rings. The Kier molecular flexibility index (Phi) is 3.78. The van der Waals surface area contributed by atoms with Gasteiger partial charge in [0.2, 0.25) is 5.89 Å². The van der Waals surface area contributed by atoms with Gasteiger partial charge in [0.15, 0.2) is 0 Å². The lowest BCUT2D eigenvalue weighted by Crippen LogP contribution is -2.24. The van der Waals surface area contributed by atoms with Crippen molar-refractivity contribution >= 4 is 0 Å². The predicted molar refractivity (Wildman–Crippen MR) is 70.3 cm³/mol. The maximum Gasteiger partial charge on any atom is 0.208 e. The van der Waals surface area contributed by atoms with Gasteiger partial charge in [-0.05, 0) is 25.8 Å². The Morgan fingerprint density at radius 1 is 1.56 bits per heavy atom. The van der Waals surface area contributed by atoms with Gasteiger partial charge in [-0.15, -0.1) is 0 Å². The van der Waals surface area contributed by atoms with E-state index in [1.807, 2.05) is 13.1 Å². The number of aliphatic hydroxyl groups excluding tert-OH is 1. The van der Waals surface area contributed by atoms with Crippen molar-refractivity contribution in [3.8, 4) is 0 Å². The average molecular weight is 252 g/mol. The zero-order chi connectivity index (χ0) is 13.3. The first-order chi connectivity index (χ1) is 8.36. The van der Waals surface area contributed by atoms with Crippen LogP contribution in [0.15, 0.2) is 10.6 Å². The van der Waals surface area contributed by atoms with E-state index in [0.717, 1.165) is 37.7 Å². The molecule has 1 N–H and O–H groups in total. The van der Waals surface area contributed by atoms with Crippen LogP contribution in [-0.2, 0) is 12.0 Å². The molecule has 2 atom stereocenters. The molecule has 0 aromatic carbocycles. The molecule has 0 aliphatic carbocycles. The highest BCUT2D eigenvalue weighted by molar-refractivity contribution is 5.06. The number of aliphatic hydroxyl groups is 1.